The molecule has 2 heterocycles. The Morgan fingerprint density at radius 1 is 1.08 bits per heavy atom. The Hall–Kier alpha value is -3.05. The van der Waals surface area contributed by atoms with Crippen LogP contribution in [0, 0.1) is 0 Å². The summed E-state index contributed by atoms with van der Waals surface area (Å²) in [7, 11) is 1.59. The predicted molar refractivity (Wildman–Crippen MR) is 98.9 cm³/mol. The maximum atomic E-state index is 12.7. The highest BCUT2D eigenvalue weighted by Crippen LogP contribution is 2.29. The zero-order valence-electron chi connectivity index (χ0n) is 13.4. The minimum atomic E-state index is -0.231. The summed E-state index contributed by atoms with van der Waals surface area (Å²) in [5, 5.41) is 2.59. The Morgan fingerprint density at radius 3 is 2.60 bits per heavy atom. The van der Waals surface area contributed by atoms with Crippen molar-refractivity contribution in [3.8, 4) is 5.75 Å². The second-order valence-electron chi connectivity index (χ2n) is 5.56. The third-order valence-corrected chi connectivity index (χ3v) is 4.33. The van der Waals surface area contributed by atoms with Crippen LogP contribution in [0.5, 0.6) is 5.75 Å². The van der Waals surface area contributed by atoms with Crippen molar-refractivity contribution in [3.05, 3.63) is 71.5 Å². The first kappa shape index (κ1) is 15.5. The molecule has 0 fully saturated rings. The molecule has 4 rings (SSSR count). The lowest BCUT2D eigenvalue weighted by molar-refractivity contribution is 0.101. The number of ether oxygens (including phenoxy) is 1. The Balaban J connectivity index is 1.81. The van der Waals surface area contributed by atoms with Gasteiger partial charge in [-0.1, -0.05) is 17.7 Å². The molecule has 25 heavy (non-hydrogen) atoms. The van der Waals surface area contributed by atoms with E-state index in [2.05, 4.69) is 10.4 Å². The van der Waals surface area contributed by atoms with E-state index >= 15 is 0 Å². The van der Waals surface area contributed by atoms with Crippen molar-refractivity contribution < 1.29 is 9.53 Å². The number of pyridine rings is 1. The molecule has 0 aliphatic rings. The highest BCUT2D eigenvalue weighted by Gasteiger charge is 2.14. The van der Waals surface area contributed by atoms with Crippen LogP contribution < -0.4 is 10.2 Å². The van der Waals surface area contributed by atoms with Crippen LogP contribution in [0.15, 0.2) is 60.9 Å². The number of carbonyl (C=O) groups excluding carboxylic acids is 1. The molecule has 0 unspecified atom stereocenters. The highest BCUT2D eigenvalue weighted by molar-refractivity contribution is 6.31. The topological polar surface area (TPSA) is 56.1 Å². The van der Waals surface area contributed by atoms with Gasteiger partial charge in [0.2, 0.25) is 0 Å². The fraction of sp³-hybridized carbons (Fsp3) is 0.0526. The predicted octanol–water partition coefficient (Wildman–Crippen LogP) is 4.24. The standard InChI is InChI=1S/C19H14ClN3O2/c1-25-14-5-2-12(3-6-14)19(24)22-23-17-10-13(20)4-7-15(17)16-8-9-21-11-18(16)23/h2-11H,1H3,(H,22,24). The Bertz CT molecular complexity index is 1090. The van der Waals surface area contributed by atoms with E-state index in [4.69, 9.17) is 16.3 Å². The Kier molecular flexibility index (Phi) is 3.78. The number of rotatable bonds is 3. The fourth-order valence-corrected chi connectivity index (χ4v) is 3.03. The van der Waals surface area contributed by atoms with Gasteiger partial charge in [0.15, 0.2) is 0 Å². The summed E-state index contributed by atoms with van der Waals surface area (Å²) in [5.74, 6) is 0.467. The van der Waals surface area contributed by atoms with Gasteiger partial charge in [0.05, 0.1) is 24.3 Å². The molecule has 0 radical (unpaired) electrons. The average molecular weight is 352 g/mol. The van der Waals surface area contributed by atoms with Crippen LogP contribution in [-0.4, -0.2) is 22.7 Å². The molecule has 1 amide bonds. The first-order chi connectivity index (χ1) is 12.2. The van der Waals surface area contributed by atoms with Crippen molar-refractivity contribution in [1.29, 1.82) is 0 Å². The molecule has 0 aliphatic heterocycles. The van der Waals surface area contributed by atoms with Crippen LogP contribution in [0.4, 0.5) is 0 Å². The highest BCUT2D eigenvalue weighted by atomic mass is 35.5. The third-order valence-electron chi connectivity index (χ3n) is 4.10. The molecule has 2 aromatic heterocycles. The second kappa shape index (κ2) is 6.11. The van der Waals surface area contributed by atoms with E-state index in [1.165, 1.54) is 0 Å². The number of benzene rings is 2. The largest absolute Gasteiger partial charge is 0.497 e. The van der Waals surface area contributed by atoms with Crippen LogP contribution >= 0.6 is 11.6 Å². The summed E-state index contributed by atoms with van der Waals surface area (Å²) in [6, 6.07) is 14.4. The van der Waals surface area contributed by atoms with Crippen LogP contribution in [-0.2, 0) is 0 Å². The number of amides is 1. The molecular weight excluding hydrogens is 338 g/mol. The van der Waals surface area contributed by atoms with Crippen LogP contribution in [0.1, 0.15) is 10.4 Å². The van der Waals surface area contributed by atoms with E-state index in [0.717, 1.165) is 21.8 Å². The third kappa shape index (κ3) is 2.68. The van der Waals surface area contributed by atoms with Crippen molar-refractivity contribution >= 4 is 39.3 Å². The molecule has 0 saturated heterocycles. The molecule has 4 aromatic rings. The van der Waals surface area contributed by atoms with Crippen molar-refractivity contribution in [3.63, 3.8) is 0 Å². The zero-order chi connectivity index (χ0) is 17.4. The van der Waals surface area contributed by atoms with Gasteiger partial charge in [0, 0.05) is 27.6 Å². The van der Waals surface area contributed by atoms with Crippen molar-refractivity contribution in [1.82, 2.24) is 9.66 Å². The molecule has 0 saturated carbocycles. The molecule has 6 heteroatoms. The average Bonchev–Trinajstić information content (AvgIpc) is 2.95. The van der Waals surface area contributed by atoms with E-state index in [1.54, 1.807) is 48.4 Å². The van der Waals surface area contributed by atoms with Crippen molar-refractivity contribution in [2.24, 2.45) is 0 Å². The SMILES string of the molecule is COc1ccc(C(=O)Nn2c3cnccc3c3ccc(Cl)cc32)cc1. The number of carbonyl (C=O) groups is 1. The Labute approximate surface area is 148 Å². The second-order valence-corrected chi connectivity index (χ2v) is 6.00. The molecule has 5 nitrogen and oxygen atoms in total. The van der Waals surface area contributed by atoms with Gasteiger partial charge in [0.25, 0.3) is 5.91 Å². The van der Waals surface area contributed by atoms with Crippen LogP contribution in [0.2, 0.25) is 5.02 Å². The first-order valence-electron chi connectivity index (χ1n) is 7.66. The number of halogens is 1. The molecular formula is C19H14ClN3O2. The number of nitrogens with zero attached hydrogens (tertiary/aromatic N) is 2. The maximum Gasteiger partial charge on any atom is 0.270 e. The first-order valence-corrected chi connectivity index (χ1v) is 8.04. The number of methoxy groups -OCH3 is 1. The summed E-state index contributed by atoms with van der Waals surface area (Å²) < 4.78 is 6.84. The number of aromatic nitrogens is 2. The van der Waals surface area contributed by atoms with E-state index < -0.39 is 0 Å². The lowest BCUT2D eigenvalue weighted by Crippen LogP contribution is -2.22. The van der Waals surface area contributed by atoms with Gasteiger partial charge in [-0.3, -0.25) is 19.9 Å². The van der Waals surface area contributed by atoms with Gasteiger partial charge in [0.1, 0.15) is 5.75 Å². The summed E-state index contributed by atoms with van der Waals surface area (Å²) in [4.78, 5) is 16.8. The number of nitrogens with one attached hydrogen (secondary N) is 1. The van der Waals surface area contributed by atoms with E-state index in [0.29, 0.717) is 16.3 Å². The van der Waals surface area contributed by atoms with Gasteiger partial charge in [-0.15, -0.1) is 0 Å². The summed E-state index contributed by atoms with van der Waals surface area (Å²) in [5.41, 5.74) is 5.08. The van der Waals surface area contributed by atoms with Crippen LogP contribution in [0.3, 0.4) is 0 Å². The van der Waals surface area contributed by atoms with Crippen molar-refractivity contribution in [2.75, 3.05) is 12.5 Å². The van der Waals surface area contributed by atoms with Crippen LogP contribution in [0.25, 0.3) is 21.8 Å². The van der Waals surface area contributed by atoms with E-state index in [9.17, 15) is 4.79 Å². The summed E-state index contributed by atoms with van der Waals surface area (Å²) >= 11 is 6.15. The zero-order valence-corrected chi connectivity index (χ0v) is 14.1. The molecule has 124 valence electrons. The van der Waals surface area contributed by atoms with Gasteiger partial charge in [-0.25, -0.2) is 0 Å². The summed E-state index contributed by atoms with van der Waals surface area (Å²) in [6.07, 6.45) is 3.45. The molecule has 0 atom stereocenters. The number of hydrogen-bond acceptors (Lipinski definition) is 3. The number of fused-ring (bicyclic) bond motifs is 3. The smallest absolute Gasteiger partial charge is 0.270 e. The normalized spacial score (nSPS) is 11.0. The molecule has 0 spiro atoms. The van der Waals surface area contributed by atoms with E-state index in [1.807, 2.05) is 24.3 Å². The maximum absolute atomic E-state index is 12.7. The van der Waals surface area contributed by atoms with Gasteiger partial charge < -0.3 is 4.74 Å². The summed E-state index contributed by atoms with van der Waals surface area (Å²) in [6.45, 7) is 0. The van der Waals surface area contributed by atoms with Gasteiger partial charge in [-0.05, 0) is 42.5 Å². The van der Waals surface area contributed by atoms with Gasteiger partial charge in [-0.2, -0.15) is 0 Å². The monoisotopic (exact) mass is 351 g/mol. The lowest BCUT2D eigenvalue weighted by Gasteiger charge is -2.10. The minimum absolute atomic E-state index is 0.231. The van der Waals surface area contributed by atoms with Crippen molar-refractivity contribution in [2.45, 2.75) is 0 Å². The lowest BCUT2D eigenvalue weighted by atomic mass is 10.2. The quantitative estimate of drug-likeness (QED) is 0.600. The van der Waals surface area contributed by atoms with E-state index in [-0.39, 0.29) is 5.91 Å². The molecule has 0 aliphatic carbocycles. The molecule has 1 N–H and O–H groups in total. The minimum Gasteiger partial charge on any atom is -0.497 e. The van der Waals surface area contributed by atoms with Gasteiger partial charge >= 0.3 is 0 Å². The number of hydrogen-bond donors (Lipinski definition) is 1. The Morgan fingerprint density at radius 2 is 1.84 bits per heavy atom. The fourth-order valence-electron chi connectivity index (χ4n) is 2.87. The molecule has 2 aromatic carbocycles. The molecule has 0 bridgehead atoms.